The molecule has 1 fully saturated rings. The lowest BCUT2D eigenvalue weighted by molar-refractivity contribution is 0.169. The van der Waals surface area contributed by atoms with E-state index in [9.17, 15) is 4.39 Å². The molecular weight excluding hydrogens is 319 g/mol. The molecule has 102 valence electrons. The van der Waals surface area contributed by atoms with Crippen molar-refractivity contribution in [2.24, 2.45) is 0 Å². The maximum Gasteiger partial charge on any atom is 0.124 e. The van der Waals surface area contributed by atoms with Crippen molar-refractivity contribution in [3.63, 3.8) is 0 Å². The van der Waals surface area contributed by atoms with Crippen molar-refractivity contribution in [1.82, 2.24) is 10.2 Å². The van der Waals surface area contributed by atoms with E-state index in [1.807, 2.05) is 6.07 Å². The Morgan fingerprint density at radius 1 is 1.39 bits per heavy atom. The van der Waals surface area contributed by atoms with Crippen molar-refractivity contribution in [2.45, 2.75) is 19.4 Å². The van der Waals surface area contributed by atoms with Crippen molar-refractivity contribution in [2.75, 3.05) is 26.2 Å². The molecule has 2 nitrogen and oxygen atoms in total. The number of hydrogen-bond acceptors (Lipinski definition) is 2. The summed E-state index contributed by atoms with van der Waals surface area (Å²) in [6, 6.07) is 5.38. The van der Waals surface area contributed by atoms with Crippen LogP contribution in [0.1, 0.15) is 24.9 Å². The lowest BCUT2D eigenvalue weighted by atomic mass is 10.0. The van der Waals surface area contributed by atoms with E-state index in [0.717, 1.165) is 37.1 Å². The first-order valence-electron chi connectivity index (χ1n) is 6.12. The van der Waals surface area contributed by atoms with Gasteiger partial charge in [-0.15, -0.1) is 12.4 Å². The molecule has 0 unspecified atom stereocenters. The Kier molecular flexibility index (Phi) is 6.57. The molecule has 0 radical (unpaired) electrons. The number of benzene rings is 1. The first kappa shape index (κ1) is 15.9. The number of nitrogens with zero attached hydrogens (tertiary/aromatic N) is 1. The van der Waals surface area contributed by atoms with Gasteiger partial charge in [-0.25, -0.2) is 4.39 Å². The fourth-order valence-corrected chi connectivity index (χ4v) is 3.06. The van der Waals surface area contributed by atoms with Crippen LogP contribution >= 0.6 is 28.3 Å². The third-order valence-corrected chi connectivity index (χ3v) is 3.99. The highest BCUT2D eigenvalue weighted by atomic mass is 79.9. The molecule has 0 amide bonds. The second kappa shape index (κ2) is 7.43. The monoisotopic (exact) mass is 336 g/mol. The lowest BCUT2D eigenvalue weighted by Gasteiger charge is -2.35. The molecule has 0 aliphatic carbocycles. The van der Waals surface area contributed by atoms with Crippen LogP contribution in [0.25, 0.3) is 0 Å². The van der Waals surface area contributed by atoms with E-state index in [1.54, 1.807) is 12.1 Å². The minimum absolute atomic E-state index is 0. The second-order valence-corrected chi connectivity index (χ2v) is 5.23. The molecule has 5 heteroatoms. The zero-order valence-corrected chi connectivity index (χ0v) is 12.9. The van der Waals surface area contributed by atoms with Gasteiger partial charge in [0.1, 0.15) is 5.82 Å². The smallest absolute Gasteiger partial charge is 0.124 e. The molecule has 1 N–H and O–H groups in total. The van der Waals surface area contributed by atoms with Crippen LogP contribution in [0.4, 0.5) is 4.39 Å². The number of piperazine rings is 1. The summed E-state index contributed by atoms with van der Waals surface area (Å²) in [6.07, 6.45) is 1.05. The van der Waals surface area contributed by atoms with Gasteiger partial charge in [-0.05, 0) is 24.1 Å². The maximum atomic E-state index is 13.1. The molecule has 1 aromatic carbocycles. The maximum absolute atomic E-state index is 13.1. The SMILES string of the molecule is CC[C@@H](c1ccc(F)cc1Br)N1CCNCC1.Cl. The Morgan fingerprint density at radius 2 is 2.06 bits per heavy atom. The van der Waals surface area contributed by atoms with Gasteiger partial charge < -0.3 is 5.32 Å². The molecule has 0 aromatic heterocycles. The summed E-state index contributed by atoms with van der Waals surface area (Å²) in [5, 5.41) is 3.36. The van der Waals surface area contributed by atoms with Crippen LogP contribution in [0, 0.1) is 5.82 Å². The molecule has 18 heavy (non-hydrogen) atoms. The number of halogens is 3. The summed E-state index contributed by atoms with van der Waals surface area (Å²) in [5.74, 6) is -0.184. The molecule has 1 aliphatic heterocycles. The van der Waals surface area contributed by atoms with E-state index in [1.165, 1.54) is 5.56 Å². The predicted octanol–water partition coefficient (Wildman–Crippen LogP) is 3.37. The standard InChI is InChI=1S/C13H18BrFN2.ClH/c1-2-13(17-7-5-16-6-8-17)11-4-3-10(15)9-12(11)14;/h3-4,9,13,16H,2,5-8H2,1H3;1H/t13-;/m0./s1. The average molecular weight is 338 g/mol. The number of hydrogen-bond donors (Lipinski definition) is 1. The molecule has 1 aliphatic rings. The largest absolute Gasteiger partial charge is 0.314 e. The molecule has 0 bridgehead atoms. The van der Waals surface area contributed by atoms with E-state index < -0.39 is 0 Å². The van der Waals surface area contributed by atoms with Crippen LogP contribution in [-0.4, -0.2) is 31.1 Å². The molecule has 0 spiro atoms. The highest BCUT2D eigenvalue weighted by Gasteiger charge is 2.22. The summed E-state index contributed by atoms with van der Waals surface area (Å²) in [5.41, 5.74) is 1.19. The Hall–Kier alpha value is -0.160. The van der Waals surface area contributed by atoms with E-state index in [4.69, 9.17) is 0 Å². The van der Waals surface area contributed by atoms with Gasteiger partial charge >= 0.3 is 0 Å². The second-order valence-electron chi connectivity index (χ2n) is 4.38. The van der Waals surface area contributed by atoms with E-state index >= 15 is 0 Å². The minimum Gasteiger partial charge on any atom is -0.314 e. The fraction of sp³-hybridized carbons (Fsp3) is 0.538. The van der Waals surface area contributed by atoms with Crippen LogP contribution in [0.2, 0.25) is 0 Å². The Morgan fingerprint density at radius 3 is 2.61 bits per heavy atom. The van der Waals surface area contributed by atoms with Gasteiger partial charge in [-0.3, -0.25) is 4.90 Å². The van der Waals surface area contributed by atoms with Gasteiger partial charge in [-0.2, -0.15) is 0 Å². The van der Waals surface area contributed by atoms with Gasteiger partial charge in [0, 0.05) is 36.7 Å². The summed E-state index contributed by atoms with van der Waals surface area (Å²) >= 11 is 3.47. The zero-order chi connectivity index (χ0) is 12.3. The average Bonchev–Trinajstić information content (AvgIpc) is 2.34. The van der Waals surface area contributed by atoms with Crippen molar-refractivity contribution in [3.8, 4) is 0 Å². The summed E-state index contributed by atoms with van der Waals surface area (Å²) < 4.78 is 14.0. The quantitative estimate of drug-likeness (QED) is 0.910. The van der Waals surface area contributed by atoms with Gasteiger partial charge in [0.15, 0.2) is 0 Å². The zero-order valence-electron chi connectivity index (χ0n) is 10.5. The lowest BCUT2D eigenvalue weighted by Crippen LogP contribution is -2.45. The number of rotatable bonds is 3. The molecule has 2 rings (SSSR count). The molecule has 1 heterocycles. The van der Waals surface area contributed by atoms with Crippen LogP contribution in [0.3, 0.4) is 0 Å². The van der Waals surface area contributed by atoms with Gasteiger partial charge in [0.25, 0.3) is 0 Å². The third kappa shape index (κ3) is 3.67. The van der Waals surface area contributed by atoms with Crippen molar-refractivity contribution in [3.05, 3.63) is 34.1 Å². The topological polar surface area (TPSA) is 15.3 Å². The van der Waals surface area contributed by atoms with Crippen LogP contribution in [0.15, 0.2) is 22.7 Å². The molecule has 1 atom stereocenters. The predicted molar refractivity (Wildman–Crippen MR) is 78.8 cm³/mol. The summed E-state index contributed by atoms with van der Waals surface area (Å²) in [6.45, 7) is 6.37. The molecule has 0 saturated carbocycles. The van der Waals surface area contributed by atoms with Crippen LogP contribution in [0.5, 0.6) is 0 Å². The number of nitrogens with one attached hydrogen (secondary N) is 1. The Bertz CT molecular complexity index is 383. The Balaban J connectivity index is 0.00000162. The first-order chi connectivity index (χ1) is 8.22. The normalized spacial score (nSPS) is 18.2. The highest BCUT2D eigenvalue weighted by molar-refractivity contribution is 9.10. The van der Waals surface area contributed by atoms with E-state index in [2.05, 4.69) is 33.1 Å². The van der Waals surface area contributed by atoms with Crippen molar-refractivity contribution in [1.29, 1.82) is 0 Å². The summed E-state index contributed by atoms with van der Waals surface area (Å²) in [7, 11) is 0. The van der Waals surface area contributed by atoms with E-state index in [0.29, 0.717) is 6.04 Å². The van der Waals surface area contributed by atoms with Crippen LogP contribution < -0.4 is 5.32 Å². The van der Waals surface area contributed by atoms with Crippen LogP contribution in [-0.2, 0) is 0 Å². The first-order valence-corrected chi connectivity index (χ1v) is 6.91. The summed E-state index contributed by atoms with van der Waals surface area (Å²) in [4.78, 5) is 2.47. The van der Waals surface area contributed by atoms with E-state index in [-0.39, 0.29) is 18.2 Å². The van der Waals surface area contributed by atoms with Gasteiger partial charge in [-0.1, -0.05) is 28.9 Å². The van der Waals surface area contributed by atoms with Gasteiger partial charge in [0.05, 0.1) is 0 Å². The molecule has 1 saturated heterocycles. The Labute approximate surface area is 122 Å². The third-order valence-electron chi connectivity index (χ3n) is 3.30. The minimum atomic E-state index is -0.184. The van der Waals surface area contributed by atoms with Gasteiger partial charge in [0.2, 0.25) is 0 Å². The highest BCUT2D eigenvalue weighted by Crippen LogP contribution is 2.31. The fourth-order valence-electron chi connectivity index (χ4n) is 2.44. The van der Waals surface area contributed by atoms with Crippen molar-refractivity contribution < 1.29 is 4.39 Å². The van der Waals surface area contributed by atoms with Crippen molar-refractivity contribution >= 4 is 28.3 Å². The molecule has 1 aromatic rings. The molecular formula is C13H19BrClFN2.